The molecule has 0 bridgehead atoms. The average Bonchev–Trinajstić information content (AvgIpc) is 2.33. The quantitative estimate of drug-likeness (QED) is 0.783. The molecule has 18 heavy (non-hydrogen) atoms. The van der Waals surface area contributed by atoms with E-state index in [1.54, 1.807) is 12.1 Å². The maximum absolute atomic E-state index is 11.9. The molecule has 1 aromatic carbocycles. The molecule has 0 radical (unpaired) electrons. The Kier molecular flexibility index (Phi) is 4.47. The third-order valence-electron chi connectivity index (χ3n) is 2.19. The fraction of sp³-hybridized carbons (Fsp3) is 0.200. The molecular formula is C10H5Cl3N2O2S. The van der Waals surface area contributed by atoms with Crippen molar-refractivity contribution in [3.8, 4) is 12.1 Å². The monoisotopic (exact) mass is 322 g/mol. The van der Waals surface area contributed by atoms with Gasteiger partial charge in [-0.15, -0.1) is 0 Å². The average molecular weight is 324 g/mol. The number of rotatable bonds is 2. The molecule has 4 nitrogen and oxygen atoms in total. The molecule has 0 fully saturated rings. The molecule has 0 aliphatic carbocycles. The van der Waals surface area contributed by atoms with Crippen LogP contribution in [0.4, 0.5) is 0 Å². The lowest BCUT2D eigenvalue weighted by Crippen LogP contribution is -2.09. The van der Waals surface area contributed by atoms with Crippen molar-refractivity contribution in [2.24, 2.45) is 0 Å². The van der Waals surface area contributed by atoms with Gasteiger partial charge in [0, 0.05) is 0 Å². The van der Waals surface area contributed by atoms with Gasteiger partial charge in [-0.2, -0.15) is 10.5 Å². The van der Waals surface area contributed by atoms with E-state index < -0.39 is 14.7 Å². The van der Waals surface area contributed by atoms with Gasteiger partial charge in [0.05, 0.1) is 31.9 Å². The molecule has 0 aliphatic rings. The van der Waals surface area contributed by atoms with Gasteiger partial charge >= 0.3 is 0 Å². The van der Waals surface area contributed by atoms with E-state index in [0.717, 1.165) is 0 Å². The maximum atomic E-state index is 11.9. The highest BCUT2D eigenvalue weighted by Crippen LogP contribution is 2.40. The third kappa shape index (κ3) is 2.28. The number of sulfone groups is 1. The molecule has 0 aromatic heterocycles. The van der Waals surface area contributed by atoms with Gasteiger partial charge < -0.3 is 0 Å². The van der Waals surface area contributed by atoms with Gasteiger partial charge in [-0.1, -0.05) is 41.7 Å². The van der Waals surface area contributed by atoms with Crippen molar-refractivity contribution in [2.75, 3.05) is 5.75 Å². The summed E-state index contributed by atoms with van der Waals surface area (Å²) >= 11 is 17.4. The molecule has 0 atom stereocenters. The third-order valence-corrected chi connectivity index (χ3v) is 5.33. The Bertz CT molecular complexity index is 700. The number of halogens is 3. The van der Waals surface area contributed by atoms with Crippen LogP contribution >= 0.6 is 34.8 Å². The summed E-state index contributed by atoms with van der Waals surface area (Å²) in [6.07, 6.45) is 0. The summed E-state index contributed by atoms with van der Waals surface area (Å²) in [5, 5.41) is 17.0. The summed E-state index contributed by atoms with van der Waals surface area (Å²) in [5.74, 6) is -0.274. The zero-order valence-electron chi connectivity index (χ0n) is 8.96. The summed E-state index contributed by atoms with van der Waals surface area (Å²) in [6, 6.07) is 3.32. The minimum Gasteiger partial charge on any atom is -0.224 e. The number of nitriles is 2. The number of benzene rings is 1. The first-order valence-electron chi connectivity index (χ1n) is 4.55. The first-order valence-corrected chi connectivity index (χ1v) is 7.33. The van der Waals surface area contributed by atoms with Crippen molar-refractivity contribution in [1.82, 2.24) is 0 Å². The Morgan fingerprint density at radius 3 is 1.83 bits per heavy atom. The fourth-order valence-corrected chi connectivity index (χ4v) is 3.55. The summed E-state index contributed by atoms with van der Waals surface area (Å²) in [5.41, 5.74) is -0.595. The molecule has 1 rings (SSSR count). The van der Waals surface area contributed by atoms with Crippen molar-refractivity contribution in [1.29, 1.82) is 10.5 Å². The fourth-order valence-electron chi connectivity index (χ4n) is 1.27. The number of nitrogens with zero attached hydrogens (tertiary/aromatic N) is 2. The van der Waals surface area contributed by atoms with Gasteiger partial charge in [-0.3, -0.25) is 0 Å². The van der Waals surface area contributed by atoms with E-state index in [9.17, 15) is 8.42 Å². The van der Waals surface area contributed by atoms with Crippen LogP contribution in [-0.2, 0) is 9.84 Å². The highest BCUT2D eigenvalue weighted by Gasteiger charge is 2.28. The Balaban J connectivity index is 4.02. The molecule has 0 unspecified atom stereocenters. The molecule has 94 valence electrons. The van der Waals surface area contributed by atoms with Gasteiger partial charge in [0.15, 0.2) is 9.84 Å². The Morgan fingerprint density at radius 1 is 1.00 bits per heavy atom. The zero-order valence-corrected chi connectivity index (χ0v) is 12.0. The lowest BCUT2D eigenvalue weighted by molar-refractivity contribution is 0.597. The van der Waals surface area contributed by atoms with Crippen LogP contribution in [0.5, 0.6) is 0 Å². The van der Waals surface area contributed by atoms with E-state index in [0.29, 0.717) is 0 Å². The van der Waals surface area contributed by atoms with Crippen molar-refractivity contribution in [3.05, 3.63) is 26.2 Å². The van der Waals surface area contributed by atoms with Gasteiger partial charge in [0.25, 0.3) is 0 Å². The Labute approximate surface area is 119 Å². The largest absolute Gasteiger partial charge is 0.224 e. The zero-order chi connectivity index (χ0) is 14.1. The lowest BCUT2D eigenvalue weighted by Gasteiger charge is -2.11. The second kappa shape index (κ2) is 5.34. The first kappa shape index (κ1) is 15.1. The lowest BCUT2D eigenvalue weighted by atomic mass is 10.1. The highest BCUT2D eigenvalue weighted by molar-refractivity contribution is 7.91. The summed E-state index contributed by atoms with van der Waals surface area (Å²) in [4.78, 5) is -0.444. The molecule has 0 spiro atoms. The van der Waals surface area contributed by atoms with Gasteiger partial charge in [0.1, 0.15) is 17.0 Å². The van der Waals surface area contributed by atoms with Crippen LogP contribution in [0.1, 0.15) is 18.1 Å². The minimum absolute atomic E-state index is 0.226. The molecular weight excluding hydrogens is 319 g/mol. The highest BCUT2D eigenvalue weighted by atomic mass is 35.5. The maximum Gasteiger partial charge on any atom is 0.181 e. The minimum atomic E-state index is -3.79. The number of hydrogen-bond donors (Lipinski definition) is 0. The van der Waals surface area contributed by atoms with Crippen molar-refractivity contribution < 1.29 is 8.42 Å². The standard InChI is InChI=1S/C10H5Cl3N2O2S/c1-2-18(16,17)10-6(4-15)8(12)7(11)5(3-14)9(10)13/h2H2,1H3. The Morgan fingerprint density at radius 2 is 1.44 bits per heavy atom. The van der Waals surface area contributed by atoms with Crippen molar-refractivity contribution in [3.63, 3.8) is 0 Å². The molecule has 0 heterocycles. The molecule has 1 aromatic rings. The molecule has 0 amide bonds. The van der Waals surface area contributed by atoms with Crippen LogP contribution in [0.2, 0.25) is 15.1 Å². The van der Waals surface area contributed by atoms with E-state index in [-0.39, 0.29) is 31.9 Å². The number of hydrogen-bond acceptors (Lipinski definition) is 4. The predicted octanol–water partition coefficient (Wildman–Crippen LogP) is 3.18. The van der Waals surface area contributed by atoms with Gasteiger partial charge in [0.2, 0.25) is 0 Å². The van der Waals surface area contributed by atoms with Crippen LogP contribution in [-0.4, -0.2) is 14.2 Å². The first-order chi connectivity index (χ1) is 8.31. The molecule has 0 saturated carbocycles. The van der Waals surface area contributed by atoms with Crippen molar-refractivity contribution >= 4 is 44.6 Å². The van der Waals surface area contributed by atoms with Crippen LogP contribution in [0.15, 0.2) is 4.90 Å². The van der Waals surface area contributed by atoms with E-state index in [1.165, 1.54) is 6.92 Å². The van der Waals surface area contributed by atoms with Gasteiger partial charge in [-0.25, -0.2) is 8.42 Å². The van der Waals surface area contributed by atoms with Crippen LogP contribution in [0.25, 0.3) is 0 Å². The van der Waals surface area contributed by atoms with E-state index in [2.05, 4.69) is 0 Å². The van der Waals surface area contributed by atoms with E-state index >= 15 is 0 Å². The van der Waals surface area contributed by atoms with Gasteiger partial charge in [-0.05, 0) is 0 Å². The molecule has 8 heteroatoms. The SMILES string of the molecule is CCS(=O)(=O)c1c(Cl)c(C#N)c(Cl)c(Cl)c1C#N. The second-order valence-corrected chi connectivity index (χ2v) is 6.50. The normalized spacial score (nSPS) is 10.8. The Hall–Kier alpha value is -0.980. The molecule has 0 saturated heterocycles. The molecule has 0 N–H and O–H groups in total. The summed E-state index contributed by atoms with van der Waals surface area (Å²) < 4.78 is 23.8. The smallest absolute Gasteiger partial charge is 0.181 e. The predicted molar refractivity (Wildman–Crippen MR) is 68.6 cm³/mol. The van der Waals surface area contributed by atoms with Crippen LogP contribution < -0.4 is 0 Å². The van der Waals surface area contributed by atoms with E-state index in [4.69, 9.17) is 45.3 Å². The summed E-state index contributed by atoms with van der Waals surface area (Å²) in [7, 11) is -3.79. The van der Waals surface area contributed by atoms with Crippen LogP contribution in [0, 0.1) is 22.7 Å². The second-order valence-electron chi connectivity index (χ2n) is 3.15. The van der Waals surface area contributed by atoms with Crippen LogP contribution in [0.3, 0.4) is 0 Å². The van der Waals surface area contributed by atoms with E-state index in [1.807, 2.05) is 0 Å². The van der Waals surface area contributed by atoms with Crippen molar-refractivity contribution in [2.45, 2.75) is 11.8 Å². The molecule has 0 aliphatic heterocycles. The topological polar surface area (TPSA) is 81.7 Å². The summed E-state index contributed by atoms with van der Waals surface area (Å²) in [6.45, 7) is 1.39.